The van der Waals surface area contributed by atoms with Crippen LogP contribution in [0.2, 0.25) is 0 Å². The number of rotatable bonds is 7. The number of carbonyl (C=O) groups excluding carboxylic acids is 1. The summed E-state index contributed by atoms with van der Waals surface area (Å²) in [4.78, 5) is 15.4. The lowest BCUT2D eigenvalue weighted by molar-refractivity contribution is 0.0951. The minimum absolute atomic E-state index is 0.152. The molecule has 160 valence electrons. The lowest BCUT2D eigenvalue weighted by atomic mass is 10.1. The van der Waals surface area contributed by atoms with E-state index in [0.717, 1.165) is 31.6 Å². The van der Waals surface area contributed by atoms with Gasteiger partial charge in [0, 0.05) is 18.7 Å². The van der Waals surface area contributed by atoms with Crippen LogP contribution >= 0.6 is 0 Å². The molecule has 7 heteroatoms. The second-order valence-electron chi connectivity index (χ2n) is 8.00. The fourth-order valence-electron chi connectivity index (χ4n) is 4.25. The van der Waals surface area contributed by atoms with Crippen LogP contribution in [0.5, 0.6) is 0 Å². The quantitative estimate of drug-likeness (QED) is 0.690. The summed E-state index contributed by atoms with van der Waals surface area (Å²) in [6.45, 7) is 4.34. The van der Waals surface area contributed by atoms with Crippen molar-refractivity contribution in [2.75, 3.05) is 37.0 Å². The van der Waals surface area contributed by atoms with Crippen molar-refractivity contribution in [3.63, 3.8) is 0 Å². The Labute approximate surface area is 178 Å². The van der Waals surface area contributed by atoms with E-state index in [1.807, 2.05) is 6.07 Å². The number of amides is 1. The third-order valence-corrected chi connectivity index (χ3v) is 7.74. The van der Waals surface area contributed by atoms with Crippen LogP contribution in [0.1, 0.15) is 41.6 Å². The molecule has 2 aliphatic rings. The topological polar surface area (TPSA) is 69.7 Å². The van der Waals surface area contributed by atoms with Crippen LogP contribution in [-0.2, 0) is 16.4 Å². The third kappa shape index (κ3) is 4.52. The van der Waals surface area contributed by atoms with Crippen molar-refractivity contribution in [3.8, 4) is 0 Å². The second-order valence-corrected chi connectivity index (χ2v) is 9.86. The number of sulfonamides is 1. The highest BCUT2D eigenvalue weighted by Gasteiger charge is 2.31. The Balaban J connectivity index is 1.40. The first-order valence-electron chi connectivity index (χ1n) is 10.8. The number of anilines is 1. The van der Waals surface area contributed by atoms with Gasteiger partial charge >= 0.3 is 0 Å². The number of carbonyl (C=O) groups is 1. The maximum atomic E-state index is 13.1. The largest absolute Gasteiger partial charge is 0.352 e. The van der Waals surface area contributed by atoms with E-state index in [0.29, 0.717) is 30.8 Å². The van der Waals surface area contributed by atoms with Gasteiger partial charge in [0.15, 0.2) is 0 Å². The molecule has 6 nitrogen and oxygen atoms in total. The summed E-state index contributed by atoms with van der Waals surface area (Å²) >= 11 is 0. The molecule has 0 saturated carbocycles. The number of nitrogens with zero attached hydrogens (tertiary/aromatic N) is 2. The van der Waals surface area contributed by atoms with Crippen molar-refractivity contribution in [1.82, 2.24) is 10.2 Å². The molecule has 2 aliphatic heterocycles. The van der Waals surface area contributed by atoms with Crippen LogP contribution in [0.15, 0.2) is 53.4 Å². The van der Waals surface area contributed by atoms with Gasteiger partial charge in [-0.3, -0.25) is 9.10 Å². The second kappa shape index (κ2) is 9.18. The number of likely N-dealkylation sites (tertiary alicyclic amines) is 1. The van der Waals surface area contributed by atoms with Crippen molar-refractivity contribution < 1.29 is 13.2 Å². The van der Waals surface area contributed by atoms with Crippen LogP contribution in [-0.4, -0.2) is 51.9 Å². The summed E-state index contributed by atoms with van der Waals surface area (Å²) in [5.41, 5.74) is 2.07. The van der Waals surface area contributed by atoms with Crippen LogP contribution in [0.25, 0.3) is 0 Å². The summed E-state index contributed by atoms with van der Waals surface area (Å²) in [7, 11) is -3.63. The maximum absolute atomic E-state index is 13.1. The number of fused-ring (bicyclic) bond motifs is 1. The zero-order valence-corrected chi connectivity index (χ0v) is 18.0. The molecule has 1 fully saturated rings. The first kappa shape index (κ1) is 20.9. The fourth-order valence-corrected chi connectivity index (χ4v) is 5.77. The molecule has 2 heterocycles. The average molecular weight is 428 g/mol. The van der Waals surface area contributed by atoms with E-state index in [-0.39, 0.29) is 10.8 Å². The summed E-state index contributed by atoms with van der Waals surface area (Å²) in [6, 6.07) is 13.8. The summed E-state index contributed by atoms with van der Waals surface area (Å²) in [6.07, 6.45) is 5.43. The van der Waals surface area contributed by atoms with Gasteiger partial charge in [-0.1, -0.05) is 30.7 Å². The van der Waals surface area contributed by atoms with Gasteiger partial charge in [-0.05, 0) is 75.1 Å². The van der Waals surface area contributed by atoms with Crippen molar-refractivity contribution in [2.24, 2.45) is 0 Å². The Bertz CT molecular complexity index is 986. The van der Waals surface area contributed by atoms with E-state index in [1.165, 1.54) is 23.6 Å². The van der Waals surface area contributed by atoms with Crippen LogP contribution in [0, 0.1) is 0 Å². The average Bonchev–Trinajstić information content (AvgIpc) is 3.22. The first-order chi connectivity index (χ1) is 14.6. The van der Waals surface area contributed by atoms with E-state index in [2.05, 4.69) is 10.2 Å². The smallest absolute Gasteiger partial charge is 0.264 e. The Kier molecular flexibility index (Phi) is 6.39. The van der Waals surface area contributed by atoms with Crippen LogP contribution < -0.4 is 9.62 Å². The van der Waals surface area contributed by atoms with Gasteiger partial charge in [0.1, 0.15) is 0 Å². The van der Waals surface area contributed by atoms with E-state index in [9.17, 15) is 13.2 Å². The first-order valence-corrected chi connectivity index (χ1v) is 12.2. The monoisotopic (exact) mass is 427 g/mol. The van der Waals surface area contributed by atoms with E-state index in [4.69, 9.17) is 0 Å². The molecule has 0 radical (unpaired) electrons. The van der Waals surface area contributed by atoms with Crippen LogP contribution in [0.4, 0.5) is 5.69 Å². The Morgan fingerprint density at radius 3 is 2.50 bits per heavy atom. The number of nitrogens with one attached hydrogen (secondary N) is 1. The molecule has 1 saturated heterocycles. The molecule has 4 rings (SSSR count). The van der Waals surface area contributed by atoms with Gasteiger partial charge in [0.25, 0.3) is 15.9 Å². The molecule has 2 aromatic rings. The standard InChI is InChI=1S/C23H29N3O3S/c27-23(24-13-7-16-25-14-5-2-6-15-25)20-11-10-19-12-17-26(22(19)18-20)30(28,29)21-8-3-1-4-9-21/h1,3-4,8-11,18H,2,5-7,12-17H2,(H,24,27). The molecule has 0 aromatic heterocycles. The molecule has 0 atom stereocenters. The Morgan fingerprint density at radius 2 is 1.73 bits per heavy atom. The Hall–Kier alpha value is -2.38. The molecule has 30 heavy (non-hydrogen) atoms. The van der Waals surface area contributed by atoms with Gasteiger partial charge < -0.3 is 10.2 Å². The molecule has 0 unspecified atom stereocenters. The minimum Gasteiger partial charge on any atom is -0.352 e. The van der Waals surface area contributed by atoms with E-state index in [1.54, 1.807) is 42.5 Å². The molecular weight excluding hydrogens is 398 g/mol. The lowest BCUT2D eigenvalue weighted by Crippen LogP contribution is -2.33. The van der Waals surface area contributed by atoms with E-state index >= 15 is 0 Å². The van der Waals surface area contributed by atoms with Gasteiger partial charge in [-0.25, -0.2) is 8.42 Å². The van der Waals surface area contributed by atoms with Crippen molar-refractivity contribution in [3.05, 3.63) is 59.7 Å². The maximum Gasteiger partial charge on any atom is 0.264 e. The molecule has 2 aromatic carbocycles. The number of benzene rings is 2. The molecule has 0 bridgehead atoms. The highest BCUT2D eigenvalue weighted by molar-refractivity contribution is 7.92. The number of hydrogen-bond donors (Lipinski definition) is 1. The minimum atomic E-state index is -3.63. The lowest BCUT2D eigenvalue weighted by Gasteiger charge is -2.26. The van der Waals surface area contributed by atoms with Gasteiger partial charge in [0.2, 0.25) is 0 Å². The molecule has 1 N–H and O–H groups in total. The predicted octanol–water partition coefficient (Wildman–Crippen LogP) is 3.04. The van der Waals surface area contributed by atoms with Crippen LogP contribution in [0.3, 0.4) is 0 Å². The zero-order valence-electron chi connectivity index (χ0n) is 17.2. The summed E-state index contributed by atoms with van der Waals surface area (Å²) < 4.78 is 27.5. The highest BCUT2D eigenvalue weighted by Crippen LogP contribution is 2.33. The van der Waals surface area contributed by atoms with Crippen molar-refractivity contribution in [2.45, 2.75) is 37.0 Å². The number of hydrogen-bond acceptors (Lipinski definition) is 4. The zero-order chi connectivity index (χ0) is 21.0. The molecule has 0 spiro atoms. The van der Waals surface area contributed by atoms with Gasteiger partial charge in [-0.15, -0.1) is 0 Å². The SMILES string of the molecule is O=C(NCCCN1CCCCC1)c1ccc2c(c1)N(S(=O)(=O)c1ccccc1)CC2. The fraction of sp³-hybridized carbons (Fsp3) is 0.435. The number of piperidine rings is 1. The van der Waals surface area contributed by atoms with Crippen molar-refractivity contribution in [1.29, 1.82) is 0 Å². The van der Waals surface area contributed by atoms with Crippen molar-refractivity contribution >= 4 is 21.6 Å². The predicted molar refractivity (Wildman–Crippen MR) is 118 cm³/mol. The van der Waals surface area contributed by atoms with Gasteiger partial charge in [-0.2, -0.15) is 0 Å². The highest BCUT2D eigenvalue weighted by atomic mass is 32.2. The van der Waals surface area contributed by atoms with Gasteiger partial charge in [0.05, 0.1) is 10.6 Å². The van der Waals surface area contributed by atoms with E-state index < -0.39 is 10.0 Å². The summed E-state index contributed by atoms with van der Waals surface area (Å²) in [5.74, 6) is -0.152. The summed E-state index contributed by atoms with van der Waals surface area (Å²) in [5, 5.41) is 2.98. The molecular formula is C23H29N3O3S. The molecule has 0 aliphatic carbocycles. The normalized spacial score (nSPS) is 17.0. The Morgan fingerprint density at radius 1 is 0.967 bits per heavy atom. The molecule has 1 amide bonds. The third-order valence-electron chi connectivity index (χ3n) is 5.92.